The number of carbonyl (C=O) groups is 1. The number of hydrogen-bond donors (Lipinski definition) is 2. The van der Waals surface area contributed by atoms with E-state index in [0.717, 1.165) is 6.42 Å². The molecule has 0 heterocycles. The van der Waals surface area contributed by atoms with Gasteiger partial charge in [-0.25, -0.2) is 0 Å². The van der Waals surface area contributed by atoms with Gasteiger partial charge in [0.2, 0.25) is 5.91 Å². The summed E-state index contributed by atoms with van der Waals surface area (Å²) in [5.41, 5.74) is 7.24. The number of anilines is 2. The van der Waals surface area contributed by atoms with Gasteiger partial charge >= 0.3 is 0 Å². The topological polar surface area (TPSA) is 66.6 Å². The zero-order valence-electron chi connectivity index (χ0n) is 12.6. The van der Waals surface area contributed by atoms with Gasteiger partial charge in [-0.3, -0.25) is 4.79 Å². The minimum absolute atomic E-state index is 0.0521. The Morgan fingerprint density at radius 3 is 2.62 bits per heavy atom. The summed E-state index contributed by atoms with van der Waals surface area (Å²) in [6, 6.07) is 7.34. The molecule has 1 aliphatic rings. The van der Waals surface area contributed by atoms with Crippen molar-refractivity contribution in [2.75, 3.05) is 23.8 Å². The fraction of sp³-hybridized carbons (Fsp3) is 0.588. The first-order chi connectivity index (χ1) is 10.2. The predicted molar refractivity (Wildman–Crippen MR) is 86.1 cm³/mol. The highest BCUT2D eigenvalue weighted by Crippen LogP contribution is 2.29. The molecule has 0 saturated heterocycles. The molecule has 1 aromatic carbocycles. The summed E-state index contributed by atoms with van der Waals surface area (Å²) in [6.45, 7) is 0.251. The average molecular weight is 290 g/mol. The molecule has 4 nitrogen and oxygen atoms in total. The van der Waals surface area contributed by atoms with Crippen molar-refractivity contribution < 1.29 is 9.90 Å². The van der Waals surface area contributed by atoms with E-state index in [1.165, 1.54) is 32.1 Å². The lowest BCUT2D eigenvalue weighted by Crippen LogP contribution is -2.34. The van der Waals surface area contributed by atoms with Crippen LogP contribution in [-0.2, 0) is 4.79 Å². The first-order valence-electron chi connectivity index (χ1n) is 7.98. The summed E-state index contributed by atoms with van der Waals surface area (Å²) < 4.78 is 0. The highest BCUT2D eigenvalue weighted by molar-refractivity contribution is 5.96. The second kappa shape index (κ2) is 8.03. The Balaban J connectivity index is 1.97. The molecule has 3 N–H and O–H groups in total. The Labute approximate surface area is 126 Å². The van der Waals surface area contributed by atoms with Crippen molar-refractivity contribution in [3.05, 3.63) is 24.3 Å². The maximum Gasteiger partial charge on any atom is 0.227 e. The highest BCUT2D eigenvalue weighted by atomic mass is 16.3. The molecule has 0 spiro atoms. The Morgan fingerprint density at radius 1 is 1.24 bits per heavy atom. The first-order valence-corrected chi connectivity index (χ1v) is 7.98. The SMILES string of the molecule is Nc1ccccc1N(CCO)C(=O)CCC1CCCCC1. The van der Waals surface area contributed by atoms with Crippen LogP contribution in [0.4, 0.5) is 11.4 Å². The Hall–Kier alpha value is -1.55. The maximum absolute atomic E-state index is 12.5. The van der Waals surface area contributed by atoms with Gasteiger partial charge in [0, 0.05) is 13.0 Å². The van der Waals surface area contributed by atoms with Gasteiger partial charge in [-0.2, -0.15) is 0 Å². The van der Waals surface area contributed by atoms with Gasteiger partial charge < -0.3 is 15.7 Å². The third-order valence-corrected chi connectivity index (χ3v) is 4.34. The molecular formula is C17H26N2O2. The summed E-state index contributed by atoms with van der Waals surface area (Å²) in [5.74, 6) is 0.749. The van der Waals surface area contributed by atoms with Crippen molar-refractivity contribution in [1.29, 1.82) is 0 Å². The zero-order valence-corrected chi connectivity index (χ0v) is 12.6. The Kier molecular flexibility index (Phi) is 6.05. The number of nitrogens with two attached hydrogens (primary N) is 1. The molecule has 1 amide bonds. The monoisotopic (exact) mass is 290 g/mol. The van der Waals surface area contributed by atoms with E-state index in [1.807, 2.05) is 18.2 Å². The van der Waals surface area contributed by atoms with Gasteiger partial charge in [0.1, 0.15) is 0 Å². The molecule has 1 saturated carbocycles. The Morgan fingerprint density at radius 2 is 1.95 bits per heavy atom. The number of carbonyl (C=O) groups excluding carboxylic acids is 1. The van der Waals surface area contributed by atoms with Gasteiger partial charge in [0.15, 0.2) is 0 Å². The van der Waals surface area contributed by atoms with Crippen LogP contribution in [0.3, 0.4) is 0 Å². The van der Waals surface area contributed by atoms with Gasteiger partial charge in [-0.15, -0.1) is 0 Å². The van der Waals surface area contributed by atoms with Gasteiger partial charge in [-0.05, 0) is 24.5 Å². The van der Waals surface area contributed by atoms with E-state index in [4.69, 9.17) is 5.73 Å². The summed E-state index contributed by atoms with van der Waals surface area (Å²) in [5, 5.41) is 9.22. The smallest absolute Gasteiger partial charge is 0.227 e. The number of nitrogen functional groups attached to an aromatic ring is 1. The molecule has 1 aliphatic carbocycles. The molecule has 0 atom stereocenters. The van der Waals surface area contributed by atoms with Crippen LogP contribution in [0.5, 0.6) is 0 Å². The maximum atomic E-state index is 12.5. The molecular weight excluding hydrogens is 264 g/mol. The lowest BCUT2D eigenvalue weighted by Gasteiger charge is -2.25. The third-order valence-electron chi connectivity index (χ3n) is 4.34. The molecule has 0 bridgehead atoms. The van der Waals surface area contributed by atoms with E-state index in [1.54, 1.807) is 11.0 Å². The van der Waals surface area contributed by atoms with Gasteiger partial charge in [0.25, 0.3) is 0 Å². The number of amides is 1. The molecule has 2 rings (SSSR count). The second-order valence-corrected chi connectivity index (χ2v) is 5.87. The average Bonchev–Trinajstić information content (AvgIpc) is 2.52. The second-order valence-electron chi connectivity index (χ2n) is 5.87. The molecule has 4 heteroatoms. The minimum Gasteiger partial charge on any atom is -0.397 e. The first kappa shape index (κ1) is 15.8. The quantitative estimate of drug-likeness (QED) is 0.792. The lowest BCUT2D eigenvalue weighted by atomic mass is 9.86. The van der Waals surface area contributed by atoms with Crippen LogP contribution < -0.4 is 10.6 Å². The van der Waals surface area contributed by atoms with E-state index < -0.39 is 0 Å². The number of aliphatic hydroxyl groups is 1. The van der Waals surface area contributed by atoms with Crippen LogP contribution in [0.1, 0.15) is 44.9 Å². The molecule has 116 valence electrons. The number of benzene rings is 1. The van der Waals surface area contributed by atoms with Crippen LogP contribution in [-0.4, -0.2) is 24.2 Å². The van der Waals surface area contributed by atoms with E-state index >= 15 is 0 Å². The normalized spacial score (nSPS) is 15.9. The summed E-state index contributed by atoms with van der Waals surface area (Å²) in [7, 11) is 0. The van der Waals surface area contributed by atoms with Crippen molar-refractivity contribution in [2.45, 2.75) is 44.9 Å². The van der Waals surface area contributed by atoms with Crippen LogP contribution >= 0.6 is 0 Å². The number of nitrogens with zero attached hydrogens (tertiary/aromatic N) is 1. The fourth-order valence-corrected chi connectivity index (χ4v) is 3.15. The lowest BCUT2D eigenvalue weighted by molar-refractivity contribution is -0.119. The van der Waals surface area contributed by atoms with Gasteiger partial charge in [-0.1, -0.05) is 44.2 Å². The van der Waals surface area contributed by atoms with Crippen LogP contribution in [0.2, 0.25) is 0 Å². The minimum atomic E-state index is -0.0521. The van der Waals surface area contributed by atoms with Crippen molar-refractivity contribution in [2.24, 2.45) is 5.92 Å². The number of hydrogen-bond acceptors (Lipinski definition) is 3. The Bertz CT molecular complexity index is 456. The van der Waals surface area contributed by atoms with Crippen molar-refractivity contribution in [3.63, 3.8) is 0 Å². The van der Waals surface area contributed by atoms with Crippen LogP contribution in [0, 0.1) is 5.92 Å². The van der Waals surface area contributed by atoms with Crippen molar-refractivity contribution in [3.8, 4) is 0 Å². The molecule has 1 fully saturated rings. The van der Waals surface area contributed by atoms with E-state index in [-0.39, 0.29) is 12.5 Å². The van der Waals surface area contributed by atoms with Crippen LogP contribution in [0.25, 0.3) is 0 Å². The standard InChI is InChI=1S/C17H26N2O2/c18-15-8-4-5-9-16(15)19(12-13-20)17(21)11-10-14-6-2-1-3-7-14/h4-5,8-9,14,20H,1-3,6-7,10-13,18H2. The fourth-order valence-electron chi connectivity index (χ4n) is 3.15. The molecule has 21 heavy (non-hydrogen) atoms. The molecule has 0 unspecified atom stereocenters. The number of aliphatic hydroxyl groups excluding tert-OH is 1. The summed E-state index contributed by atoms with van der Waals surface area (Å²) in [6.07, 6.45) is 7.92. The number of rotatable bonds is 6. The third kappa shape index (κ3) is 4.46. The van der Waals surface area contributed by atoms with Crippen molar-refractivity contribution in [1.82, 2.24) is 0 Å². The van der Waals surface area contributed by atoms with Crippen LogP contribution in [0.15, 0.2) is 24.3 Å². The highest BCUT2D eigenvalue weighted by Gasteiger charge is 2.20. The van der Waals surface area contributed by atoms with E-state index in [2.05, 4.69) is 0 Å². The summed E-state index contributed by atoms with van der Waals surface area (Å²) in [4.78, 5) is 14.1. The van der Waals surface area contributed by atoms with E-state index in [0.29, 0.717) is 30.3 Å². The zero-order chi connectivity index (χ0) is 15.1. The van der Waals surface area contributed by atoms with E-state index in [9.17, 15) is 9.90 Å². The molecule has 0 aromatic heterocycles. The summed E-state index contributed by atoms with van der Waals surface area (Å²) >= 11 is 0. The van der Waals surface area contributed by atoms with Gasteiger partial charge in [0.05, 0.1) is 18.0 Å². The largest absolute Gasteiger partial charge is 0.397 e. The molecule has 0 radical (unpaired) electrons. The van der Waals surface area contributed by atoms with Crippen molar-refractivity contribution >= 4 is 17.3 Å². The number of para-hydroxylation sites is 2. The molecule has 1 aromatic rings. The molecule has 0 aliphatic heterocycles. The predicted octanol–water partition coefficient (Wildman–Crippen LogP) is 2.95.